The van der Waals surface area contributed by atoms with Crippen LogP contribution in [0.15, 0.2) is 12.1 Å². The average Bonchev–Trinajstić information content (AvgIpc) is 2.46. The Morgan fingerprint density at radius 1 is 1.20 bits per heavy atom. The quantitative estimate of drug-likeness (QED) is 0.917. The lowest BCUT2D eigenvalue weighted by Gasteiger charge is -2.37. The summed E-state index contributed by atoms with van der Waals surface area (Å²) in [6.07, 6.45) is 0.953. The van der Waals surface area contributed by atoms with E-state index in [1.807, 2.05) is 0 Å². The van der Waals surface area contributed by atoms with Gasteiger partial charge < -0.3 is 10.6 Å². The van der Waals surface area contributed by atoms with Crippen LogP contribution in [-0.4, -0.2) is 42.1 Å². The lowest BCUT2D eigenvalue weighted by atomic mass is 10.0. The highest BCUT2D eigenvalue weighted by Crippen LogP contribution is 2.21. The lowest BCUT2D eigenvalue weighted by molar-refractivity contribution is 0.209. The molecular weight excluding hydrogens is 248 g/mol. The summed E-state index contributed by atoms with van der Waals surface area (Å²) in [4.78, 5) is 9.66. The molecule has 0 spiro atoms. The zero-order valence-corrected chi connectivity index (χ0v) is 13.3. The largest absolute Gasteiger partial charge is 0.354 e. The van der Waals surface area contributed by atoms with Crippen LogP contribution in [-0.2, 0) is 0 Å². The molecule has 0 aliphatic carbocycles. The predicted molar refractivity (Wildman–Crippen MR) is 85.1 cm³/mol. The molecule has 1 aliphatic heterocycles. The molecule has 4 nitrogen and oxygen atoms in total. The van der Waals surface area contributed by atoms with Crippen LogP contribution < -0.4 is 10.6 Å². The van der Waals surface area contributed by atoms with Crippen molar-refractivity contribution in [2.45, 2.75) is 46.2 Å². The van der Waals surface area contributed by atoms with Crippen LogP contribution in [0.4, 0.5) is 5.82 Å². The number of nitrogens with two attached hydrogens (primary N) is 1. The van der Waals surface area contributed by atoms with Crippen LogP contribution in [0.1, 0.15) is 44.5 Å². The van der Waals surface area contributed by atoms with E-state index in [9.17, 15) is 0 Å². The molecule has 2 N–H and O–H groups in total. The average molecular weight is 276 g/mol. The molecule has 1 saturated heterocycles. The molecule has 1 unspecified atom stereocenters. The molecule has 2 rings (SSSR count). The summed E-state index contributed by atoms with van der Waals surface area (Å²) in [5, 5.41) is 0. The van der Waals surface area contributed by atoms with Gasteiger partial charge in [0.2, 0.25) is 0 Å². The van der Waals surface area contributed by atoms with Gasteiger partial charge in [0.05, 0.1) is 0 Å². The number of aromatic nitrogens is 1. The van der Waals surface area contributed by atoms with Gasteiger partial charge in [-0.1, -0.05) is 13.0 Å². The minimum Gasteiger partial charge on any atom is -0.354 e. The van der Waals surface area contributed by atoms with Gasteiger partial charge in [-0.15, -0.1) is 0 Å². The van der Waals surface area contributed by atoms with E-state index in [0.717, 1.165) is 44.1 Å². The van der Waals surface area contributed by atoms with Crippen LogP contribution in [0.5, 0.6) is 0 Å². The van der Waals surface area contributed by atoms with Gasteiger partial charge in [-0.25, -0.2) is 4.98 Å². The summed E-state index contributed by atoms with van der Waals surface area (Å²) < 4.78 is 0. The van der Waals surface area contributed by atoms with Crippen molar-refractivity contribution in [1.82, 2.24) is 9.88 Å². The Morgan fingerprint density at radius 2 is 1.85 bits per heavy atom. The first-order chi connectivity index (χ1) is 9.52. The molecule has 0 radical (unpaired) electrons. The highest BCUT2D eigenvalue weighted by molar-refractivity contribution is 5.43. The molecule has 20 heavy (non-hydrogen) atoms. The van der Waals surface area contributed by atoms with Crippen LogP contribution in [0, 0.1) is 6.92 Å². The summed E-state index contributed by atoms with van der Waals surface area (Å²) >= 11 is 0. The molecule has 1 aromatic heterocycles. The molecule has 1 aliphatic rings. The number of rotatable bonds is 4. The van der Waals surface area contributed by atoms with Crippen LogP contribution in [0.3, 0.4) is 0 Å². The second kappa shape index (κ2) is 6.55. The van der Waals surface area contributed by atoms with E-state index in [2.05, 4.69) is 49.6 Å². The second-order valence-electron chi connectivity index (χ2n) is 5.98. The zero-order chi connectivity index (χ0) is 14.7. The fraction of sp³-hybridized carbons (Fsp3) is 0.688. The predicted octanol–water partition coefficient (Wildman–Crippen LogP) is 2.33. The van der Waals surface area contributed by atoms with E-state index in [0.29, 0.717) is 6.04 Å². The standard InChI is InChI=1S/C16H28N4/c1-5-15(17)14-6-7-16(18-13(14)4)20-10-8-19(9-11-20)12(2)3/h6-7,12,15H,5,8-11,17H2,1-4H3. The molecule has 0 bridgehead atoms. The maximum atomic E-state index is 6.11. The Hall–Kier alpha value is -1.13. The molecule has 0 amide bonds. The van der Waals surface area contributed by atoms with Crippen molar-refractivity contribution < 1.29 is 0 Å². The van der Waals surface area contributed by atoms with E-state index in [1.54, 1.807) is 0 Å². The Kier molecular flexibility index (Phi) is 5.00. The van der Waals surface area contributed by atoms with E-state index >= 15 is 0 Å². The van der Waals surface area contributed by atoms with Gasteiger partial charge in [0.25, 0.3) is 0 Å². The van der Waals surface area contributed by atoms with Gasteiger partial charge >= 0.3 is 0 Å². The van der Waals surface area contributed by atoms with Gasteiger partial charge in [0.15, 0.2) is 0 Å². The van der Waals surface area contributed by atoms with Gasteiger partial charge in [0.1, 0.15) is 5.82 Å². The Morgan fingerprint density at radius 3 is 2.35 bits per heavy atom. The highest BCUT2D eigenvalue weighted by Gasteiger charge is 2.20. The Labute approximate surface area is 123 Å². The fourth-order valence-corrected chi connectivity index (χ4v) is 2.81. The maximum absolute atomic E-state index is 6.11. The number of hydrogen-bond acceptors (Lipinski definition) is 4. The second-order valence-corrected chi connectivity index (χ2v) is 5.98. The third-order valence-corrected chi connectivity index (χ3v) is 4.32. The molecular formula is C16H28N4. The molecule has 1 fully saturated rings. The highest BCUT2D eigenvalue weighted by atomic mass is 15.3. The first-order valence-corrected chi connectivity index (χ1v) is 7.75. The van der Waals surface area contributed by atoms with Crippen molar-refractivity contribution >= 4 is 5.82 Å². The van der Waals surface area contributed by atoms with Gasteiger partial charge in [0, 0.05) is 44.0 Å². The number of piperazine rings is 1. The maximum Gasteiger partial charge on any atom is 0.128 e. The first-order valence-electron chi connectivity index (χ1n) is 7.75. The molecule has 1 aromatic rings. The van der Waals surface area contributed by atoms with Crippen LogP contribution in [0.25, 0.3) is 0 Å². The van der Waals surface area contributed by atoms with Crippen molar-refractivity contribution in [3.8, 4) is 0 Å². The molecule has 112 valence electrons. The van der Waals surface area contributed by atoms with E-state index in [1.165, 1.54) is 5.56 Å². The van der Waals surface area contributed by atoms with Gasteiger partial charge in [-0.3, -0.25) is 4.90 Å². The van der Waals surface area contributed by atoms with Gasteiger partial charge in [-0.2, -0.15) is 0 Å². The van der Waals surface area contributed by atoms with Crippen molar-refractivity contribution in [2.24, 2.45) is 5.73 Å². The third kappa shape index (κ3) is 3.30. The van der Waals surface area contributed by atoms with Crippen LogP contribution >= 0.6 is 0 Å². The Balaban J connectivity index is 2.06. The number of hydrogen-bond donors (Lipinski definition) is 1. The number of pyridine rings is 1. The summed E-state index contributed by atoms with van der Waals surface area (Å²) in [5.41, 5.74) is 8.37. The SMILES string of the molecule is CCC(N)c1ccc(N2CCN(C(C)C)CC2)nc1C. The number of anilines is 1. The lowest BCUT2D eigenvalue weighted by Crippen LogP contribution is -2.49. The monoisotopic (exact) mass is 276 g/mol. The summed E-state index contributed by atoms with van der Waals surface area (Å²) in [7, 11) is 0. The third-order valence-electron chi connectivity index (χ3n) is 4.32. The molecule has 0 saturated carbocycles. The number of nitrogens with zero attached hydrogens (tertiary/aromatic N) is 3. The molecule has 4 heteroatoms. The minimum atomic E-state index is 0.106. The van der Waals surface area contributed by atoms with E-state index in [-0.39, 0.29) is 6.04 Å². The van der Waals surface area contributed by atoms with Crippen molar-refractivity contribution in [3.63, 3.8) is 0 Å². The fourth-order valence-electron chi connectivity index (χ4n) is 2.81. The van der Waals surface area contributed by atoms with Crippen molar-refractivity contribution in [3.05, 3.63) is 23.4 Å². The first kappa shape index (κ1) is 15.3. The van der Waals surface area contributed by atoms with Crippen LogP contribution in [0.2, 0.25) is 0 Å². The summed E-state index contributed by atoms with van der Waals surface area (Å²) in [6.45, 7) is 13.1. The van der Waals surface area contributed by atoms with E-state index in [4.69, 9.17) is 10.7 Å². The summed E-state index contributed by atoms with van der Waals surface area (Å²) in [6, 6.07) is 5.02. The topological polar surface area (TPSA) is 45.4 Å². The smallest absolute Gasteiger partial charge is 0.128 e. The van der Waals surface area contributed by atoms with E-state index < -0.39 is 0 Å². The zero-order valence-electron chi connectivity index (χ0n) is 13.3. The normalized spacial score (nSPS) is 18.6. The number of aryl methyl sites for hydroxylation is 1. The summed E-state index contributed by atoms with van der Waals surface area (Å²) in [5.74, 6) is 1.10. The molecule has 2 heterocycles. The molecule has 0 aromatic carbocycles. The molecule has 1 atom stereocenters. The Bertz CT molecular complexity index is 436. The van der Waals surface area contributed by atoms with Gasteiger partial charge in [-0.05, 0) is 38.8 Å². The minimum absolute atomic E-state index is 0.106. The van der Waals surface area contributed by atoms with Crippen molar-refractivity contribution in [2.75, 3.05) is 31.1 Å². The van der Waals surface area contributed by atoms with Crippen molar-refractivity contribution in [1.29, 1.82) is 0 Å².